The molecule has 8 nitrogen and oxygen atoms in total. The summed E-state index contributed by atoms with van der Waals surface area (Å²) in [5.41, 5.74) is 7.27. The van der Waals surface area contributed by atoms with Crippen molar-refractivity contribution in [3.8, 4) is 27.7 Å². The van der Waals surface area contributed by atoms with E-state index in [4.69, 9.17) is 24.7 Å². The van der Waals surface area contributed by atoms with Gasteiger partial charge < -0.3 is 24.7 Å². The topological polar surface area (TPSA) is 110 Å². The van der Waals surface area contributed by atoms with E-state index in [1.54, 1.807) is 25.3 Å². The Labute approximate surface area is 201 Å². The Balaban J connectivity index is 1.79. The standard InChI is InChI=1S/C25H26N2O6S/c1-30-17-6-4-5-16(11-17)22-21(25(29)33-13-14-7-8-14)27-24(34-22)20(23(26)28)15-9-10-18(31-2)19(12-15)32-3/h4-6,9-12,14,20H,7-8,13H2,1-3H3,(H2,26,28). The van der Waals surface area contributed by atoms with Crippen LogP contribution >= 0.6 is 11.3 Å². The molecule has 2 N–H and O–H groups in total. The smallest absolute Gasteiger partial charge is 0.358 e. The van der Waals surface area contributed by atoms with Crippen molar-refractivity contribution in [1.82, 2.24) is 4.98 Å². The molecule has 2 aromatic carbocycles. The number of primary amides is 1. The minimum absolute atomic E-state index is 0.153. The maximum absolute atomic E-state index is 13.0. The van der Waals surface area contributed by atoms with Gasteiger partial charge in [0, 0.05) is 0 Å². The molecule has 3 aromatic rings. The molecule has 0 saturated heterocycles. The number of methoxy groups -OCH3 is 3. The van der Waals surface area contributed by atoms with Gasteiger partial charge >= 0.3 is 5.97 Å². The first-order chi connectivity index (χ1) is 16.4. The molecule has 0 aliphatic heterocycles. The Morgan fingerprint density at radius 3 is 2.47 bits per heavy atom. The van der Waals surface area contributed by atoms with E-state index in [2.05, 4.69) is 4.98 Å². The lowest BCUT2D eigenvalue weighted by Gasteiger charge is -2.14. The highest BCUT2D eigenvalue weighted by Gasteiger charge is 2.31. The van der Waals surface area contributed by atoms with Crippen molar-refractivity contribution in [2.24, 2.45) is 11.7 Å². The van der Waals surface area contributed by atoms with Gasteiger partial charge in [0.25, 0.3) is 0 Å². The summed E-state index contributed by atoms with van der Waals surface area (Å²) in [6.45, 7) is 0.359. The van der Waals surface area contributed by atoms with Gasteiger partial charge in [-0.25, -0.2) is 9.78 Å². The Bertz CT molecular complexity index is 1200. The monoisotopic (exact) mass is 482 g/mol. The van der Waals surface area contributed by atoms with Crippen LogP contribution in [0.5, 0.6) is 17.2 Å². The highest BCUT2D eigenvalue weighted by atomic mass is 32.1. The maximum atomic E-state index is 13.0. The molecule has 1 aliphatic carbocycles. The number of hydrogen-bond acceptors (Lipinski definition) is 8. The minimum Gasteiger partial charge on any atom is -0.497 e. The van der Waals surface area contributed by atoms with Crippen molar-refractivity contribution in [2.75, 3.05) is 27.9 Å². The number of nitrogens with two attached hydrogens (primary N) is 1. The van der Waals surface area contributed by atoms with Gasteiger partial charge in [0.2, 0.25) is 5.91 Å². The lowest BCUT2D eigenvalue weighted by atomic mass is 9.98. The van der Waals surface area contributed by atoms with Crippen molar-refractivity contribution in [3.05, 3.63) is 58.7 Å². The molecule has 1 aliphatic rings. The Morgan fingerprint density at radius 1 is 1.06 bits per heavy atom. The Hall–Kier alpha value is -3.59. The van der Waals surface area contributed by atoms with Crippen LogP contribution in [0.25, 0.3) is 10.4 Å². The van der Waals surface area contributed by atoms with Gasteiger partial charge in [0.05, 0.1) is 32.8 Å². The van der Waals surface area contributed by atoms with Gasteiger partial charge in [-0.2, -0.15) is 0 Å². The molecule has 34 heavy (non-hydrogen) atoms. The summed E-state index contributed by atoms with van der Waals surface area (Å²) in [4.78, 5) is 30.7. The molecular formula is C25H26N2O6S. The number of thiazole rings is 1. The number of benzene rings is 2. The molecule has 0 spiro atoms. The molecule has 1 heterocycles. The van der Waals surface area contributed by atoms with Crippen LogP contribution in [0.4, 0.5) is 0 Å². The molecule has 1 aromatic heterocycles. The molecule has 1 unspecified atom stereocenters. The zero-order valence-electron chi connectivity index (χ0n) is 19.2. The minimum atomic E-state index is -0.890. The molecule has 0 radical (unpaired) electrons. The molecule has 1 fully saturated rings. The first-order valence-corrected chi connectivity index (χ1v) is 11.6. The molecule has 1 atom stereocenters. The highest BCUT2D eigenvalue weighted by Crippen LogP contribution is 2.40. The average Bonchev–Trinajstić information content (AvgIpc) is 3.59. The van der Waals surface area contributed by atoms with Crippen LogP contribution in [0, 0.1) is 5.92 Å². The quantitative estimate of drug-likeness (QED) is 0.435. The van der Waals surface area contributed by atoms with Gasteiger partial charge in [0.1, 0.15) is 16.7 Å². The first kappa shape index (κ1) is 23.6. The zero-order valence-corrected chi connectivity index (χ0v) is 20.0. The van der Waals surface area contributed by atoms with E-state index in [9.17, 15) is 9.59 Å². The summed E-state index contributed by atoms with van der Waals surface area (Å²) in [7, 11) is 4.62. The van der Waals surface area contributed by atoms with Gasteiger partial charge in [0.15, 0.2) is 17.2 Å². The van der Waals surface area contributed by atoms with E-state index in [1.165, 1.54) is 25.6 Å². The predicted molar refractivity (Wildman–Crippen MR) is 128 cm³/mol. The van der Waals surface area contributed by atoms with Gasteiger partial charge in [-0.05, 0) is 54.2 Å². The van der Waals surface area contributed by atoms with E-state index in [1.807, 2.05) is 24.3 Å². The summed E-state index contributed by atoms with van der Waals surface area (Å²) in [6, 6.07) is 12.4. The second-order valence-corrected chi connectivity index (χ2v) is 8.98. The zero-order chi connectivity index (χ0) is 24.2. The first-order valence-electron chi connectivity index (χ1n) is 10.8. The summed E-state index contributed by atoms with van der Waals surface area (Å²) < 4.78 is 21.5. The van der Waals surface area contributed by atoms with Crippen molar-refractivity contribution in [2.45, 2.75) is 18.8 Å². The van der Waals surface area contributed by atoms with Gasteiger partial charge in [-0.1, -0.05) is 18.2 Å². The van der Waals surface area contributed by atoms with Crippen LogP contribution < -0.4 is 19.9 Å². The van der Waals surface area contributed by atoms with E-state index >= 15 is 0 Å². The third-order valence-corrected chi connectivity index (χ3v) is 6.76. The fourth-order valence-electron chi connectivity index (χ4n) is 3.57. The molecule has 9 heteroatoms. The largest absolute Gasteiger partial charge is 0.497 e. The van der Waals surface area contributed by atoms with Crippen LogP contribution in [-0.2, 0) is 9.53 Å². The Kier molecular flexibility index (Phi) is 7.02. The molecule has 178 valence electrons. The van der Waals surface area contributed by atoms with Crippen molar-refractivity contribution >= 4 is 23.2 Å². The number of ether oxygens (including phenoxy) is 4. The van der Waals surface area contributed by atoms with E-state index in [0.29, 0.717) is 45.2 Å². The van der Waals surface area contributed by atoms with E-state index < -0.39 is 17.8 Å². The SMILES string of the molecule is COc1cccc(-c2sc(C(C(N)=O)c3ccc(OC)c(OC)c3)nc2C(=O)OCC2CC2)c1. The number of hydrogen-bond donors (Lipinski definition) is 1. The number of esters is 1. The van der Waals surface area contributed by atoms with Crippen LogP contribution in [0.15, 0.2) is 42.5 Å². The summed E-state index contributed by atoms with van der Waals surface area (Å²) >= 11 is 1.22. The fraction of sp³-hybridized carbons (Fsp3) is 0.320. The molecule has 4 rings (SSSR count). The number of nitrogens with zero attached hydrogens (tertiary/aromatic N) is 1. The fourth-order valence-corrected chi connectivity index (χ4v) is 4.75. The summed E-state index contributed by atoms with van der Waals surface area (Å²) in [5, 5.41) is 0.385. The lowest BCUT2D eigenvalue weighted by molar-refractivity contribution is -0.118. The molecule has 1 saturated carbocycles. The number of carbonyl (C=O) groups excluding carboxylic acids is 2. The van der Waals surface area contributed by atoms with Crippen molar-refractivity contribution in [3.63, 3.8) is 0 Å². The third-order valence-electron chi connectivity index (χ3n) is 5.59. The molecule has 1 amide bonds. The summed E-state index contributed by atoms with van der Waals surface area (Å²) in [6.07, 6.45) is 2.11. The van der Waals surface area contributed by atoms with Crippen LogP contribution in [-0.4, -0.2) is 44.8 Å². The van der Waals surface area contributed by atoms with Crippen molar-refractivity contribution < 1.29 is 28.5 Å². The highest BCUT2D eigenvalue weighted by molar-refractivity contribution is 7.15. The van der Waals surface area contributed by atoms with Crippen molar-refractivity contribution in [1.29, 1.82) is 0 Å². The molecule has 0 bridgehead atoms. The van der Waals surface area contributed by atoms with Crippen LogP contribution in [0.1, 0.15) is 39.8 Å². The number of rotatable bonds is 10. The Morgan fingerprint density at radius 2 is 1.82 bits per heavy atom. The van der Waals surface area contributed by atoms with E-state index in [0.717, 1.165) is 18.4 Å². The maximum Gasteiger partial charge on any atom is 0.358 e. The van der Waals surface area contributed by atoms with Gasteiger partial charge in [-0.3, -0.25) is 4.79 Å². The second kappa shape index (κ2) is 10.1. The summed E-state index contributed by atoms with van der Waals surface area (Å²) in [5.74, 6) is 0.0106. The number of carbonyl (C=O) groups is 2. The lowest BCUT2D eigenvalue weighted by Crippen LogP contribution is -2.22. The second-order valence-electron chi connectivity index (χ2n) is 7.95. The number of aromatic nitrogens is 1. The van der Waals surface area contributed by atoms with Crippen LogP contribution in [0.3, 0.4) is 0 Å². The van der Waals surface area contributed by atoms with Crippen LogP contribution in [0.2, 0.25) is 0 Å². The normalized spacial score (nSPS) is 13.7. The predicted octanol–water partition coefficient (Wildman–Crippen LogP) is 4.02. The third kappa shape index (κ3) is 4.99. The van der Waals surface area contributed by atoms with Gasteiger partial charge in [-0.15, -0.1) is 11.3 Å². The molecular weight excluding hydrogens is 456 g/mol. The number of amides is 1. The average molecular weight is 483 g/mol. The van der Waals surface area contributed by atoms with E-state index in [-0.39, 0.29) is 5.69 Å².